The third kappa shape index (κ3) is 4.13. The largest absolute Gasteiger partial charge is 0.419 e. The van der Waals surface area contributed by atoms with Crippen LogP contribution >= 0.6 is 0 Å². The van der Waals surface area contributed by atoms with E-state index in [4.69, 9.17) is 4.42 Å². The molecule has 1 fully saturated rings. The lowest BCUT2D eigenvalue weighted by Crippen LogP contribution is -2.49. The zero-order valence-corrected chi connectivity index (χ0v) is 19.5. The molecule has 0 spiro atoms. The zero-order chi connectivity index (χ0) is 23.9. The van der Waals surface area contributed by atoms with Crippen molar-refractivity contribution in [2.24, 2.45) is 7.05 Å². The summed E-state index contributed by atoms with van der Waals surface area (Å²) in [4.78, 5) is 18.1. The maximum Gasteiger partial charge on any atom is 0.419 e. The van der Waals surface area contributed by atoms with Crippen molar-refractivity contribution >= 4 is 38.6 Å². The summed E-state index contributed by atoms with van der Waals surface area (Å²) < 4.78 is 34.2. The van der Waals surface area contributed by atoms with Crippen molar-refractivity contribution in [2.45, 2.75) is 11.8 Å². The number of sulfonamides is 1. The standard InChI is InChI=1S/C22H23N7O4S/c1-15-7-8-23-20(13-15)24-19-5-6-21(26-25-19)28-9-11-29(12-10-28)34(31,32)16-3-4-18-17(14-16)27(2)22(30)33-18/h3-8,13-14H,9-12H2,1-2H3,(H,23,24,25). The highest BCUT2D eigenvalue weighted by atomic mass is 32.2. The number of nitrogens with zero attached hydrogens (tertiary/aromatic N) is 6. The van der Waals surface area contributed by atoms with Crippen LogP contribution in [0.15, 0.2) is 62.8 Å². The molecule has 3 aromatic heterocycles. The van der Waals surface area contributed by atoms with Crippen LogP contribution in [0.5, 0.6) is 0 Å². The molecular weight excluding hydrogens is 458 g/mol. The molecule has 0 saturated carbocycles. The van der Waals surface area contributed by atoms with Gasteiger partial charge in [0.25, 0.3) is 0 Å². The number of anilines is 3. The van der Waals surface area contributed by atoms with Gasteiger partial charge in [-0.15, -0.1) is 10.2 Å². The zero-order valence-electron chi connectivity index (χ0n) is 18.7. The fourth-order valence-corrected chi connectivity index (χ4v) is 5.31. The van der Waals surface area contributed by atoms with Gasteiger partial charge in [-0.05, 0) is 55.0 Å². The summed E-state index contributed by atoms with van der Waals surface area (Å²) in [5, 5.41) is 11.6. The van der Waals surface area contributed by atoms with E-state index < -0.39 is 15.8 Å². The summed E-state index contributed by atoms with van der Waals surface area (Å²) in [5.41, 5.74) is 1.88. The number of piperazine rings is 1. The van der Waals surface area contributed by atoms with Crippen LogP contribution in [0.2, 0.25) is 0 Å². The molecule has 34 heavy (non-hydrogen) atoms. The van der Waals surface area contributed by atoms with Crippen LogP contribution in [-0.4, -0.2) is 58.7 Å². The Morgan fingerprint density at radius 2 is 1.76 bits per heavy atom. The quantitative estimate of drug-likeness (QED) is 0.454. The van der Waals surface area contributed by atoms with Crippen molar-refractivity contribution in [3.05, 3.63) is 64.8 Å². The Bertz CT molecular complexity index is 1500. The first-order chi connectivity index (χ1) is 16.3. The number of hydrogen-bond donors (Lipinski definition) is 1. The Balaban J connectivity index is 1.26. The van der Waals surface area contributed by atoms with Crippen molar-refractivity contribution in [1.82, 2.24) is 24.1 Å². The van der Waals surface area contributed by atoms with Crippen LogP contribution in [0.25, 0.3) is 11.1 Å². The highest BCUT2D eigenvalue weighted by molar-refractivity contribution is 7.89. The Morgan fingerprint density at radius 1 is 0.971 bits per heavy atom. The Labute approximate surface area is 195 Å². The van der Waals surface area contributed by atoms with Gasteiger partial charge in [0.1, 0.15) is 5.82 Å². The van der Waals surface area contributed by atoms with Crippen LogP contribution < -0.4 is 16.0 Å². The summed E-state index contributed by atoms with van der Waals surface area (Å²) in [7, 11) is -2.17. The van der Waals surface area contributed by atoms with E-state index in [2.05, 4.69) is 20.5 Å². The van der Waals surface area contributed by atoms with E-state index in [-0.39, 0.29) is 4.90 Å². The van der Waals surface area contributed by atoms with E-state index in [1.165, 1.54) is 27.1 Å². The number of pyridine rings is 1. The lowest BCUT2D eigenvalue weighted by molar-refractivity contribution is 0.383. The monoisotopic (exact) mass is 481 g/mol. The second-order valence-corrected chi connectivity index (χ2v) is 10.0. The minimum atomic E-state index is -3.71. The number of aromatic nitrogens is 4. The van der Waals surface area contributed by atoms with Crippen LogP contribution in [0.1, 0.15) is 5.56 Å². The molecule has 0 aliphatic carbocycles. The number of nitrogens with one attached hydrogen (secondary N) is 1. The SMILES string of the molecule is Cc1ccnc(Nc2ccc(N3CCN(S(=O)(=O)c4ccc5oc(=O)n(C)c5c4)CC3)nn2)c1. The van der Waals surface area contributed by atoms with Gasteiger partial charge in [-0.25, -0.2) is 18.2 Å². The molecule has 4 heterocycles. The second kappa shape index (κ2) is 8.54. The first kappa shape index (κ1) is 22.0. The molecule has 5 rings (SSSR count). The summed E-state index contributed by atoms with van der Waals surface area (Å²) in [6.45, 7) is 3.55. The highest BCUT2D eigenvalue weighted by Crippen LogP contribution is 2.24. The number of aryl methyl sites for hydroxylation is 2. The highest BCUT2D eigenvalue weighted by Gasteiger charge is 2.29. The van der Waals surface area contributed by atoms with Gasteiger partial charge < -0.3 is 14.6 Å². The topological polar surface area (TPSA) is 126 Å². The number of fused-ring (bicyclic) bond motifs is 1. The van der Waals surface area contributed by atoms with Crippen molar-refractivity contribution < 1.29 is 12.8 Å². The molecule has 1 N–H and O–H groups in total. The first-order valence-electron chi connectivity index (χ1n) is 10.7. The second-order valence-electron chi connectivity index (χ2n) is 8.07. The van der Waals surface area contributed by atoms with Gasteiger partial charge in [0, 0.05) is 39.4 Å². The molecule has 0 amide bonds. The molecular formula is C22H23N7O4S. The molecule has 11 nitrogen and oxygen atoms in total. The van der Waals surface area contributed by atoms with E-state index >= 15 is 0 Å². The Hall–Kier alpha value is -3.77. The Morgan fingerprint density at radius 3 is 2.47 bits per heavy atom. The predicted molar refractivity (Wildman–Crippen MR) is 127 cm³/mol. The summed E-state index contributed by atoms with van der Waals surface area (Å²) >= 11 is 0. The molecule has 4 aromatic rings. The van der Waals surface area contributed by atoms with Gasteiger partial charge in [-0.2, -0.15) is 4.31 Å². The number of hydrogen-bond acceptors (Lipinski definition) is 9. The normalized spacial score (nSPS) is 15.1. The van der Waals surface area contributed by atoms with Crippen molar-refractivity contribution in [3.63, 3.8) is 0 Å². The summed E-state index contributed by atoms with van der Waals surface area (Å²) in [6, 6.07) is 12.0. The maximum absolute atomic E-state index is 13.2. The van der Waals surface area contributed by atoms with Crippen LogP contribution in [-0.2, 0) is 17.1 Å². The lowest BCUT2D eigenvalue weighted by Gasteiger charge is -2.34. The number of benzene rings is 1. The smallest absolute Gasteiger partial charge is 0.408 e. The molecule has 0 bridgehead atoms. The van der Waals surface area contributed by atoms with Crippen LogP contribution in [0, 0.1) is 6.92 Å². The van der Waals surface area contributed by atoms with Gasteiger partial charge in [-0.3, -0.25) is 4.57 Å². The third-order valence-corrected chi connectivity index (χ3v) is 7.68. The van der Waals surface area contributed by atoms with Gasteiger partial charge in [0.05, 0.1) is 10.4 Å². The average molecular weight is 482 g/mol. The van der Waals surface area contributed by atoms with Gasteiger partial charge in [-0.1, -0.05) is 0 Å². The molecule has 1 saturated heterocycles. The average Bonchev–Trinajstić information content (AvgIpc) is 3.12. The lowest BCUT2D eigenvalue weighted by atomic mass is 10.3. The fourth-order valence-electron chi connectivity index (χ4n) is 3.87. The summed E-state index contributed by atoms with van der Waals surface area (Å²) in [5.74, 6) is 1.41. The van der Waals surface area contributed by atoms with Crippen molar-refractivity contribution in [1.29, 1.82) is 0 Å². The molecule has 1 aliphatic heterocycles. The van der Waals surface area contributed by atoms with Crippen LogP contribution in [0.4, 0.5) is 17.5 Å². The van der Waals surface area contributed by atoms with Gasteiger partial charge >= 0.3 is 5.76 Å². The minimum absolute atomic E-state index is 0.129. The summed E-state index contributed by atoms with van der Waals surface area (Å²) in [6.07, 6.45) is 1.72. The van der Waals surface area contributed by atoms with Crippen LogP contribution in [0.3, 0.4) is 0 Å². The predicted octanol–water partition coefficient (Wildman–Crippen LogP) is 1.88. The molecule has 1 aliphatic rings. The van der Waals surface area contributed by atoms with E-state index in [1.807, 2.05) is 36.1 Å². The van der Waals surface area contributed by atoms with E-state index in [1.54, 1.807) is 13.2 Å². The molecule has 12 heteroatoms. The fraction of sp³-hybridized carbons (Fsp3) is 0.273. The minimum Gasteiger partial charge on any atom is -0.408 e. The molecule has 0 atom stereocenters. The van der Waals surface area contributed by atoms with Gasteiger partial charge in [0.15, 0.2) is 17.2 Å². The van der Waals surface area contributed by atoms with E-state index in [9.17, 15) is 13.2 Å². The Kier molecular flexibility index (Phi) is 5.54. The van der Waals surface area contributed by atoms with E-state index in [0.717, 1.165) is 5.56 Å². The third-order valence-electron chi connectivity index (χ3n) is 5.79. The molecule has 0 unspecified atom stereocenters. The molecule has 1 aromatic carbocycles. The molecule has 176 valence electrons. The number of rotatable bonds is 5. The molecule has 0 radical (unpaired) electrons. The first-order valence-corrected chi connectivity index (χ1v) is 12.1. The van der Waals surface area contributed by atoms with Gasteiger partial charge in [0.2, 0.25) is 10.0 Å². The van der Waals surface area contributed by atoms with E-state index in [0.29, 0.717) is 54.7 Å². The number of oxazole rings is 1. The van der Waals surface area contributed by atoms with Crippen molar-refractivity contribution in [2.75, 3.05) is 36.4 Å². The van der Waals surface area contributed by atoms with Crippen molar-refractivity contribution in [3.8, 4) is 0 Å². The maximum atomic E-state index is 13.2.